The molecule has 0 amide bonds. The van der Waals surface area contributed by atoms with Gasteiger partial charge in [-0.15, -0.1) is 5.10 Å². The van der Waals surface area contributed by atoms with E-state index in [1.165, 1.54) is 11.8 Å². The molecule has 8 nitrogen and oxygen atoms in total. The van der Waals surface area contributed by atoms with Gasteiger partial charge < -0.3 is 14.2 Å². The van der Waals surface area contributed by atoms with Crippen molar-refractivity contribution in [3.63, 3.8) is 0 Å². The number of aryl methyl sites for hydroxylation is 2. The summed E-state index contributed by atoms with van der Waals surface area (Å²) in [7, 11) is 0. The molecule has 0 radical (unpaired) electrons. The lowest BCUT2D eigenvalue weighted by Gasteiger charge is -2.11. The average Bonchev–Trinajstić information content (AvgIpc) is 3.13. The van der Waals surface area contributed by atoms with Gasteiger partial charge in [-0.25, -0.2) is 9.50 Å². The van der Waals surface area contributed by atoms with Crippen molar-refractivity contribution >= 4 is 23.5 Å². The molecule has 3 rings (SSSR count). The van der Waals surface area contributed by atoms with Gasteiger partial charge in [-0.2, -0.15) is 4.98 Å². The Balaban J connectivity index is 1.53. The zero-order chi connectivity index (χ0) is 20.8. The van der Waals surface area contributed by atoms with Crippen LogP contribution in [0.25, 0.3) is 5.78 Å². The smallest absolute Gasteiger partial charge is 0.310 e. The number of rotatable bonds is 9. The van der Waals surface area contributed by atoms with E-state index in [4.69, 9.17) is 14.2 Å². The Kier molecular flexibility index (Phi) is 6.92. The summed E-state index contributed by atoms with van der Waals surface area (Å²) in [6, 6.07) is 7.32. The molecule has 2 heterocycles. The molecular formula is C20H24N4O4S. The van der Waals surface area contributed by atoms with E-state index >= 15 is 0 Å². The number of aromatic nitrogens is 4. The van der Waals surface area contributed by atoms with E-state index in [1.807, 2.05) is 51.3 Å². The van der Waals surface area contributed by atoms with Crippen LogP contribution in [0, 0.1) is 13.8 Å². The molecule has 1 aromatic carbocycles. The van der Waals surface area contributed by atoms with Gasteiger partial charge in [0.05, 0.1) is 13.0 Å². The van der Waals surface area contributed by atoms with Gasteiger partial charge in [0, 0.05) is 17.0 Å². The van der Waals surface area contributed by atoms with E-state index in [0.29, 0.717) is 23.3 Å². The van der Waals surface area contributed by atoms with Crippen LogP contribution in [0.3, 0.4) is 0 Å². The van der Waals surface area contributed by atoms with Crippen molar-refractivity contribution in [2.75, 3.05) is 26.1 Å². The van der Waals surface area contributed by atoms with Gasteiger partial charge in [-0.1, -0.05) is 11.8 Å². The van der Waals surface area contributed by atoms with Gasteiger partial charge >= 0.3 is 5.97 Å². The molecule has 154 valence electrons. The van der Waals surface area contributed by atoms with E-state index in [-0.39, 0.29) is 25.6 Å². The van der Waals surface area contributed by atoms with Crippen molar-refractivity contribution in [1.29, 1.82) is 0 Å². The normalized spacial score (nSPS) is 10.9. The van der Waals surface area contributed by atoms with Crippen molar-refractivity contribution in [3.8, 4) is 11.5 Å². The summed E-state index contributed by atoms with van der Waals surface area (Å²) >= 11 is 1.45. The quantitative estimate of drug-likeness (QED) is 0.299. The van der Waals surface area contributed by atoms with Crippen LogP contribution in [0.15, 0.2) is 29.4 Å². The lowest BCUT2D eigenvalue weighted by molar-refractivity contribution is -0.143. The summed E-state index contributed by atoms with van der Waals surface area (Å²) in [5.74, 6) is 1.68. The highest BCUT2D eigenvalue weighted by Crippen LogP contribution is 2.18. The number of benzene rings is 1. The monoisotopic (exact) mass is 416 g/mol. The summed E-state index contributed by atoms with van der Waals surface area (Å²) in [6.45, 7) is 6.75. The molecule has 0 atom stereocenters. The fraction of sp³-hybridized carbons (Fsp3) is 0.400. The van der Waals surface area contributed by atoms with Gasteiger partial charge in [-0.3, -0.25) is 4.79 Å². The molecule has 0 aliphatic rings. The van der Waals surface area contributed by atoms with Crippen LogP contribution in [-0.4, -0.2) is 51.6 Å². The predicted octanol–water partition coefficient (Wildman–Crippen LogP) is 3.03. The van der Waals surface area contributed by atoms with E-state index < -0.39 is 0 Å². The predicted molar refractivity (Wildman–Crippen MR) is 110 cm³/mol. The Morgan fingerprint density at radius 2 is 1.76 bits per heavy atom. The molecule has 29 heavy (non-hydrogen) atoms. The second kappa shape index (κ2) is 9.60. The molecule has 0 spiro atoms. The zero-order valence-corrected chi connectivity index (χ0v) is 17.8. The highest BCUT2D eigenvalue weighted by Gasteiger charge is 2.16. The molecule has 0 aliphatic heterocycles. The number of hydrogen-bond acceptors (Lipinski definition) is 8. The summed E-state index contributed by atoms with van der Waals surface area (Å²) in [5.41, 5.74) is 2.38. The number of esters is 1. The van der Waals surface area contributed by atoms with Crippen molar-refractivity contribution in [3.05, 3.63) is 41.2 Å². The number of fused-ring (bicyclic) bond motifs is 1. The number of hydrogen-bond donors (Lipinski definition) is 0. The van der Waals surface area contributed by atoms with Crippen molar-refractivity contribution in [2.45, 2.75) is 32.3 Å². The molecular weight excluding hydrogens is 392 g/mol. The molecule has 0 saturated carbocycles. The Hall–Kier alpha value is -2.81. The van der Waals surface area contributed by atoms with Crippen LogP contribution in [0.1, 0.15) is 23.9 Å². The Morgan fingerprint density at radius 3 is 2.41 bits per heavy atom. The number of carbonyl (C=O) groups excluding carboxylic acids is 1. The van der Waals surface area contributed by atoms with Crippen LogP contribution < -0.4 is 9.47 Å². The second-order valence-corrected chi connectivity index (χ2v) is 7.00. The van der Waals surface area contributed by atoms with Crippen LogP contribution in [0.5, 0.6) is 11.5 Å². The third kappa shape index (κ3) is 5.17. The standard InChI is InChI=1S/C20H24N4O4S/c1-5-26-15-6-8-16(9-7-15)27-10-11-28-18(25)12-17-13(2)21-19-22-20(29-4)23-24(19)14(17)3/h6-9H,5,10-12H2,1-4H3. The Labute approximate surface area is 173 Å². The average molecular weight is 417 g/mol. The molecule has 0 fully saturated rings. The van der Waals surface area contributed by atoms with Gasteiger partial charge in [0.2, 0.25) is 5.16 Å². The van der Waals surface area contributed by atoms with Gasteiger partial charge in [0.25, 0.3) is 5.78 Å². The minimum absolute atomic E-state index is 0.123. The maximum atomic E-state index is 12.3. The van der Waals surface area contributed by atoms with Gasteiger partial charge in [0.1, 0.15) is 24.7 Å². The van der Waals surface area contributed by atoms with Crippen molar-refractivity contribution < 1.29 is 19.0 Å². The van der Waals surface area contributed by atoms with Crippen LogP contribution in [-0.2, 0) is 16.0 Å². The third-order valence-electron chi connectivity index (χ3n) is 4.28. The SMILES string of the molecule is CCOc1ccc(OCCOC(=O)Cc2c(C)nc3nc(SC)nn3c2C)cc1. The minimum atomic E-state index is -0.335. The first-order chi connectivity index (χ1) is 14.0. The number of nitrogens with zero attached hydrogens (tertiary/aromatic N) is 4. The first kappa shape index (κ1) is 20.9. The van der Waals surface area contributed by atoms with E-state index in [1.54, 1.807) is 4.52 Å². The van der Waals surface area contributed by atoms with Crippen LogP contribution >= 0.6 is 11.8 Å². The zero-order valence-electron chi connectivity index (χ0n) is 17.0. The maximum Gasteiger partial charge on any atom is 0.310 e. The molecule has 9 heteroatoms. The van der Waals surface area contributed by atoms with Crippen LogP contribution in [0.4, 0.5) is 0 Å². The highest BCUT2D eigenvalue weighted by atomic mass is 32.2. The molecule has 0 unspecified atom stereocenters. The van der Waals surface area contributed by atoms with Gasteiger partial charge in [-0.05, 0) is 51.3 Å². The third-order valence-corrected chi connectivity index (χ3v) is 4.82. The van der Waals surface area contributed by atoms with E-state index in [2.05, 4.69) is 15.1 Å². The molecule has 2 aromatic heterocycles. The number of ether oxygens (including phenoxy) is 3. The highest BCUT2D eigenvalue weighted by molar-refractivity contribution is 7.98. The fourth-order valence-corrected chi connectivity index (χ4v) is 3.18. The fourth-order valence-electron chi connectivity index (χ4n) is 2.84. The largest absolute Gasteiger partial charge is 0.494 e. The first-order valence-electron chi connectivity index (χ1n) is 9.30. The van der Waals surface area contributed by atoms with Gasteiger partial charge in [0.15, 0.2) is 0 Å². The Bertz CT molecular complexity index is 988. The molecule has 0 N–H and O–H groups in total. The molecule has 0 saturated heterocycles. The molecule has 0 bridgehead atoms. The van der Waals surface area contributed by atoms with E-state index in [0.717, 1.165) is 22.7 Å². The topological polar surface area (TPSA) is 87.8 Å². The van der Waals surface area contributed by atoms with Crippen molar-refractivity contribution in [2.24, 2.45) is 0 Å². The summed E-state index contributed by atoms with van der Waals surface area (Å²) in [5, 5.41) is 5.04. The maximum absolute atomic E-state index is 12.3. The lowest BCUT2D eigenvalue weighted by atomic mass is 10.1. The number of thioether (sulfide) groups is 1. The molecule has 3 aromatic rings. The lowest BCUT2D eigenvalue weighted by Crippen LogP contribution is -2.16. The van der Waals surface area contributed by atoms with Crippen LogP contribution in [0.2, 0.25) is 0 Å². The Morgan fingerprint density at radius 1 is 1.07 bits per heavy atom. The second-order valence-electron chi connectivity index (χ2n) is 6.22. The number of carbonyl (C=O) groups is 1. The van der Waals surface area contributed by atoms with E-state index in [9.17, 15) is 4.79 Å². The molecule has 0 aliphatic carbocycles. The summed E-state index contributed by atoms with van der Waals surface area (Å²) < 4.78 is 18.0. The van der Waals surface area contributed by atoms with Crippen molar-refractivity contribution in [1.82, 2.24) is 19.6 Å². The minimum Gasteiger partial charge on any atom is -0.494 e. The summed E-state index contributed by atoms with van der Waals surface area (Å²) in [4.78, 5) is 21.1. The first-order valence-corrected chi connectivity index (χ1v) is 10.5. The summed E-state index contributed by atoms with van der Waals surface area (Å²) in [6.07, 6.45) is 2.03.